The number of fused-ring (bicyclic) bond motifs is 1. The molecular weight excluding hydrogens is 388 g/mol. The Balaban J connectivity index is 1.48. The van der Waals surface area contributed by atoms with Crippen LogP contribution in [-0.2, 0) is 14.3 Å². The summed E-state index contributed by atoms with van der Waals surface area (Å²) in [5.41, 5.74) is 5.74. The van der Waals surface area contributed by atoms with Crippen molar-refractivity contribution in [2.75, 3.05) is 6.61 Å². The second kappa shape index (κ2) is 8.83. The van der Waals surface area contributed by atoms with Crippen LogP contribution in [0.1, 0.15) is 62.6 Å². The van der Waals surface area contributed by atoms with Gasteiger partial charge in [0, 0.05) is 23.2 Å². The maximum Gasteiger partial charge on any atom is 0.332 e. The first-order valence-corrected chi connectivity index (χ1v) is 9.99. The van der Waals surface area contributed by atoms with E-state index >= 15 is 0 Å². The van der Waals surface area contributed by atoms with E-state index in [1.54, 1.807) is 12.1 Å². The van der Waals surface area contributed by atoms with Crippen LogP contribution in [0.15, 0.2) is 22.7 Å². The maximum atomic E-state index is 12.5. The quantitative estimate of drug-likeness (QED) is 0.373. The van der Waals surface area contributed by atoms with Crippen molar-refractivity contribution in [2.45, 2.75) is 64.2 Å². The van der Waals surface area contributed by atoms with Crippen LogP contribution in [0.2, 0.25) is 0 Å². The molecule has 162 valence electrons. The van der Waals surface area contributed by atoms with Crippen LogP contribution in [0.5, 0.6) is 0 Å². The van der Waals surface area contributed by atoms with E-state index in [-0.39, 0.29) is 42.2 Å². The second-order valence-corrected chi connectivity index (χ2v) is 8.49. The van der Waals surface area contributed by atoms with Gasteiger partial charge in [-0.3, -0.25) is 10.2 Å². The van der Waals surface area contributed by atoms with Crippen LogP contribution < -0.4 is 11.1 Å². The minimum atomic E-state index is -0.526. The summed E-state index contributed by atoms with van der Waals surface area (Å²) in [6.07, 6.45) is 4.41. The van der Waals surface area contributed by atoms with Crippen LogP contribution >= 0.6 is 0 Å². The Morgan fingerprint density at radius 2 is 1.97 bits per heavy atom. The van der Waals surface area contributed by atoms with Gasteiger partial charge >= 0.3 is 5.97 Å². The second-order valence-electron chi connectivity index (χ2n) is 8.49. The number of amidine groups is 1. The highest BCUT2D eigenvalue weighted by Gasteiger charge is 2.26. The number of nitrogens with zero attached hydrogens (tertiary/aromatic N) is 1. The summed E-state index contributed by atoms with van der Waals surface area (Å²) >= 11 is 0. The number of amides is 1. The summed E-state index contributed by atoms with van der Waals surface area (Å²) in [5, 5.41) is 11.1. The first-order chi connectivity index (χ1) is 14.1. The van der Waals surface area contributed by atoms with Crippen molar-refractivity contribution >= 4 is 28.8 Å². The molecule has 2 aromatic rings. The maximum absolute atomic E-state index is 12.5. The van der Waals surface area contributed by atoms with Gasteiger partial charge in [-0.2, -0.15) is 0 Å². The first kappa shape index (κ1) is 21.8. The average Bonchev–Trinajstić information content (AvgIpc) is 3.09. The number of nitrogens with two attached hydrogens (primary N) is 1. The smallest absolute Gasteiger partial charge is 0.332 e. The number of furan rings is 1. The fourth-order valence-electron chi connectivity index (χ4n) is 3.38. The van der Waals surface area contributed by atoms with E-state index in [2.05, 4.69) is 10.3 Å². The lowest BCUT2D eigenvalue weighted by atomic mass is 9.93. The lowest BCUT2D eigenvalue weighted by Crippen LogP contribution is -2.39. The van der Waals surface area contributed by atoms with E-state index in [4.69, 9.17) is 25.0 Å². The van der Waals surface area contributed by atoms with Gasteiger partial charge in [-0.05, 0) is 58.6 Å². The van der Waals surface area contributed by atoms with Gasteiger partial charge in [0.2, 0.25) is 5.71 Å². The van der Waals surface area contributed by atoms with Gasteiger partial charge in [-0.15, -0.1) is 0 Å². The third-order valence-corrected chi connectivity index (χ3v) is 4.77. The highest BCUT2D eigenvalue weighted by Crippen LogP contribution is 2.23. The number of ether oxygens (including phenoxy) is 2. The number of carbonyl (C=O) groups excluding carboxylic acids is 2. The number of aromatic nitrogens is 1. The lowest BCUT2D eigenvalue weighted by molar-refractivity contribution is -0.162. The Hall–Kier alpha value is -2.94. The fraction of sp³-hybridized carbons (Fsp3) is 0.524. The molecule has 1 aliphatic carbocycles. The summed E-state index contributed by atoms with van der Waals surface area (Å²) in [7, 11) is 0. The van der Waals surface area contributed by atoms with Gasteiger partial charge in [0.05, 0.1) is 6.10 Å². The molecule has 1 fully saturated rings. The molecule has 0 saturated heterocycles. The summed E-state index contributed by atoms with van der Waals surface area (Å²) in [6.45, 7) is 5.39. The Morgan fingerprint density at radius 1 is 1.27 bits per heavy atom. The number of hydrogen-bond donors (Lipinski definition) is 3. The zero-order valence-electron chi connectivity index (χ0n) is 17.5. The van der Waals surface area contributed by atoms with Gasteiger partial charge in [0.25, 0.3) is 5.91 Å². The molecule has 0 unspecified atom stereocenters. The lowest BCUT2D eigenvalue weighted by Gasteiger charge is -2.29. The number of nitrogen functional groups attached to an aromatic ring is 1. The number of hydrogen-bond acceptors (Lipinski definition) is 7. The summed E-state index contributed by atoms with van der Waals surface area (Å²) < 4.78 is 16.4. The normalized spacial score (nSPS) is 19.4. The molecule has 2 heterocycles. The van der Waals surface area contributed by atoms with E-state index in [0.29, 0.717) is 16.7 Å². The predicted molar refractivity (Wildman–Crippen MR) is 110 cm³/mol. The highest BCUT2D eigenvalue weighted by molar-refractivity contribution is 5.99. The molecule has 0 atom stereocenters. The zero-order chi connectivity index (χ0) is 21.9. The van der Waals surface area contributed by atoms with Crippen LogP contribution in [0.3, 0.4) is 0 Å². The molecule has 1 aliphatic rings. The van der Waals surface area contributed by atoms with E-state index in [1.165, 1.54) is 6.20 Å². The van der Waals surface area contributed by atoms with Crippen molar-refractivity contribution < 1.29 is 23.5 Å². The molecule has 9 nitrogen and oxygen atoms in total. The molecule has 0 bridgehead atoms. The van der Waals surface area contributed by atoms with Crippen molar-refractivity contribution in [3.8, 4) is 0 Å². The van der Waals surface area contributed by atoms with Gasteiger partial charge < -0.3 is 24.9 Å². The van der Waals surface area contributed by atoms with Crippen molar-refractivity contribution in [2.24, 2.45) is 5.73 Å². The van der Waals surface area contributed by atoms with Gasteiger partial charge in [0.1, 0.15) is 18.0 Å². The SMILES string of the molecule is CC(C)(C)OC(=O)CO[C@H]1CC[C@H](NC(=O)c2cc3cc(C(=N)N)cnc3o2)CC1. The van der Waals surface area contributed by atoms with E-state index < -0.39 is 5.60 Å². The van der Waals surface area contributed by atoms with E-state index in [9.17, 15) is 9.59 Å². The van der Waals surface area contributed by atoms with E-state index in [0.717, 1.165) is 25.7 Å². The minimum absolute atomic E-state index is 0.00725. The third kappa shape index (κ3) is 5.79. The molecule has 3 rings (SSSR count). The Bertz CT molecular complexity index is 939. The van der Waals surface area contributed by atoms with Crippen LogP contribution in [-0.4, -0.2) is 47.0 Å². The standard InChI is InChI=1S/C21H28N4O5/c1-21(2,3)30-17(26)11-28-15-6-4-14(5-7-15)25-19(27)16-9-12-8-13(18(22)23)10-24-20(12)29-16/h8-10,14-15H,4-7,11H2,1-3H3,(H3,22,23)(H,25,27)/t14-,15-. The number of pyridine rings is 1. The Labute approximate surface area is 174 Å². The minimum Gasteiger partial charge on any atom is -0.458 e. The van der Waals surface area contributed by atoms with Crippen LogP contribution in [0.25, 0.3) is 11.1 Å². The monoisotopic (exact) mass is 416 g/mol. The molecule has 1 saturated carbocycles. The predicted octanol–water partition coefficient (Wildman–Crippen LogP) is 2.51. The topological polar surface area (TPSA) is 141 Å². The molecule has 2 aromatic heterocycles. The number of rotatable bonds is 6. The van der Waals surface area contributed by atoms with Gasteiger partial charge in [-0.1, -0.05) is 0 Å². The van der Waals surface area contributed by atoms with Crippen molar-refractivity contribution in [1.82, 2.24) is 10.3 Å². The molecule has 0 spiro atoms. The molecule has 30 heavy (non-hydrogen) atoms. The molecule has 4 N–H and O–H groups in total. The fourth-order valence-corrected chi connectivity index (χ4v) is 3.38. The number of nitrogens with one attached hydrogen (secondary N) is 2. The number of esters is 1. The van der Waals surface area contributed by atoms with Crippen LogP contribution in [0.4, 0.5) is 0 Å². The van der Waals surface area contributed by atoms with Crippen molar-refractivity contribution in [3.63, 3.8) is 0 Å². The molecule has 9 heteroatoms. The first-order valence-electron chi connectivity index (χ1n) is 9.99. The van der Waals surface area contributed by atoms with Gasteiger partial charge in [-0.25, -0.2) is 9.78 Å². The zero-order valence-corrected chi connectivity index (χ0v) is 17.5. The van der Waals surface area contributed by atoms with Crippen molar-refractivity contribution in [1.29, 1.82) is 5.41 Å². The molecule has 0 radical (unpaired) electrons. The molecular formula is C21H28N4O5. The Morgan fingerprint density at radius 3 is 2.60 bits per heavy atom. The molecule has 0 aliphatic heterocycles. The highest BCUT2D eigenvalue weighted by atomic mass is 16.6. The molecule has 1 amide bonds. The summed E-state index contributed by atoms with van der Waals surface area (Å²) in [4.78, 5) is 28.4. The third-order valence-electron chi connectivity index (χ3n) is 4.77. The number of carbonyl (C=O) groups is 2. The molecule has 0 aromatic carbocycles. The largest absolute Gasteiger partial charge is 0.458 e. The average molecular weight is 416 g/mol. The van der Waals surface area contributed by atoms with E-state index in [1.807, 2.05) is 20.8 Å². The summed E-state index contributed by atoms with van der Waals surface area (Å²) in [5.74, 6) is -0.608. The van der Waals surface area contributed by atoms with Gasteiger partial charge in [0.15, 0.2) is 5.76 Å². The Kier molecular flexibility index (Phi) is 6.40. The van der Waals surface area contributed by atoms with Crippen LogP contribution in [0, 0.1) is 5.41 Å². The summed E-state index contributed by atoms with van der Waals surface area (Å²) in [6, 6.07) is 3.27. The van der Waals surface area contributed by atoms with Crippen molar-refractivity contribution in [3.05, 3.63) is 29.7 Å².